The van der Waals surface area contributed by atoms with E-state index in [1.165, 1.54) is 31.4 Å². The van der Waals surface area contributed by atoms with E-state index in [2.05, 4.69) is 15.2 Å². The molecule has 2 aliphatic carbocycles. The highest BCUT2D eigenvalue weighted by atomic mass is 127. The Morgan fingerprint density at radius 3 is 2.68 bits per heavy atom. The van der Waals surface area contributed by atoms with Crippen molar-refractivity contribution in [3.8, 4) is 0 Å². The molecule has 0 aromatic heterocycles. The van der Waals surface area contributed by atoms with Gasteiger partial charge >= 0.3 is 0 Å². The van der Waals surface area contributed by atoms with Crippen molar-refractivity contribution in [3.05, 3.63) is 35.6 Å². The lowest BCUT2D eigenvalue weighted by Gasteiger charge is -2.63. The lowest BCUT2D eigenvalue weighted by atomic mass is 9.46. The maximum atomic E-state index is 13.1. The summed E-state index contributed by atoms with van der Waals surface area (Å²) in [5.74, 6) is 1.35. The number of aliphatic imine (C=N–C) groups is 1. The van der Waals surface area contributed by atoms with Crippen LogP contribution in [-0.4, -0.2) is 43.7 Å². The number of guanidine groups is 1. The minimum absolute atomic E-state index is 0. The average molecular weight is 459 g/mol. The molecule has 25 heavy (non-hydrogen) atoms. The Labute approximate surface area is 166 Å². The summed E-state index contributed by atoms with van der Waals surface area (Å²) >= 11 is 0. The quantitative estimate of drug-likeness (QED) is 0.428. The predicted octanol–water partition coefficient (Wildman–Crippen LogP) is 3.41. The lowest BCUT2D eigenvalue weighted by Crippen LogP contribution is -2.72. The molecule has 0 amide bonds. The van der Waals surface area contributed by atoms with Gasteiger partial charge in [-0.2, -0.15) is 0 Å². The molecule has 1 aromatic carbocycles. The predicted molar refractivity (Wildman–Crippen MR) is 108 cm³/mol. The van der Waals surface area contributed by atoms with Gasteiger partial charge < -0.3 is 15.0 Å². The smallest absolute Gasteiger partial charge is 0.193 e. The van der Waals surface area contributed by atoms with Crippen LogP contribution < -0.4 is 5.32 Å². The molecule has 2 saturated carbocycles. The zero-order valence-corrected chi connectivity index (χ0v) is 17.2. The van der Waals surface area contributed by atoms with Crippen LogP contribution in [0.4, 0.5) is 4.39 Å². The second-order valence-electron chi connectivity index (χ2n) is 7.48. The molecule has 3 fully saturated rings. The number of fused-ring (bicyclic) bond motifs is 2. The molecule has 0 bridgehead atoms. The second kappa shape index (κ2) is 7.39. The highest BCUT2D eigenvalue weighted by Crippen LogP contribution is 2.62. The summed E-state index contributed by atoms with van der Waals surface area (Å²) in [6.45, 7) is 1.61. The molecule has 3 unspecified atom stereocenters. The second-order valence-corrected chi connectivity index (χ2v) is 7.48. The highest BCUT2D eigenvalue weighted by molar-refractivity contribution is 14.0. The SMILES string of the molecule is CN=C(NC1C2CCOC2C12CCC2)N(C)Cc1ccc(F)cc1.I. The summed E-state index contributed by atoms with van der Waals surface area (Å²) in [4.78, 5) is 6.59. The van der Waals surface area contributed by atoms with Crippen molar-refractivity contribution >= 4 is 29.9 Å². The molecule has 1 aliphatic heterocycles. The fourth-order valence-corrected chi connectivity index (χ4v) is 4.88. The molecular formula is C19H27FIN3O. The van der Waals surface area contributed by atoms with Crippen molar-refractivity contribution < 1.29 is 9.13 Å². The Bertz CT molecular complexity index is 632. The van der Waals surface area contributed by atoms with Crippen molar-refractivity contribution in [3.63, 3.8) is 0 Å². The third-order valence-corrected chi connectivity index (χ3v) is 6.23. The van der Waals surface area contributed by atoms with E-state index in [0.29, 0.717) is 30.0 Å². The van der Waals surface area contributed by atoms with Crippen LogP contribution in [0.15, 0.2) is 29.3 Å². The van der Waals surface area contributed by atoms with Crippen molar-refractivity contribution in [2.24, 2.45) is 16.3 Å². The molecule has 3 aliphatic rings. The number of benzene rings is 1. The lowest BCUT2D eigenvalue weighted by molar-refractivity contribution is -0.171. The van der Waals surface area contributed by atoms with Crippen LogP contribution >= 0.6 is 24.0 Å². The van der Waals surface area contributed by atoms with Gasteiger partial charge in [-0.3, -0.25) is 4.99 Å². The Morgan fingerprint density at radius 1 is 1.36 bits per heavy atom. The van der Waals surface area contributed by atoms with Crippen LogP contribution in [0.1, 0.15) is 31.2 Å². The number of halogens is 2. The first-order valence-corrected chi connectivity index (χ1v) is 8.94. The summed E-state index contributed by atoms with van der Waals surface area (Å²) in [6.07, 6.45) is 5.47. The Balaban J connectivity index is 0.00000182. The number of rotatable bonds is 3. The van der Waals surface area contributed by atoms with Crippen LogP contribution in [0.5, 0.6) is 0 Å². The average Bonchev–Trinajstić information content (AvgIpc) is 2.94. The molecule has 138 valence electrons. The number of hydrogen-bond donors (Lipinski definition) is 1. The van der Waals surface area contributed by atoms with Gasteiger partial charge in [-0.25, -0.2) is 4.39 Å². The summed E-state index contributed by atoms with van der Waals surface area (Å²) in [5, 5.41) is 3.72. The molecule has 1 heterocycles. The van der Waals surface area contributed by atoms with Crippen molar-refractivity contribution in [2.75, 3.05) is 20.7 Å². The van der Waals surface area contributed by atoms with Crippen LogP contribution in [0, 0.1) is 17.2 Å². The van der Waals surface area contributed by atoms with Crippen LogP contribution in [0.2, 0.25) is 0 Å². The first kappa shape index (κ1) is 18.9. The largest absolute Gasteiger partial charge is 0.377 e. The highest BCUT2D eigenvalue weighted by Gasteiger charge is 2.66. The van der Waals surface area contributed by atoms with E-state index in [-0.39, 0.29) is 29.8 Å². The van der Waals surface area contributed by atoms with E-state index in [4.69, 9.17) is 4.74 Å². The minimum Gasteiger partial charge on any atom is -0.377 e. The number of nitrogens with one attached hydrogen (secondary N) is 1. The van der Waals surface area contributed by atoms with E-state index < -0.39 is 0 Å². The molecule has 1 spiro atoms. The standard InChI is InChI=1S/C19H26FN3O.HI/c1-21-18(23(2)12-13-4-6-14(20)7-5-13)22-16-15-8-11-24-17(15)19(16)9-3-10-19;/h4-7,15-17H,3,8-12H2,1-2H3,(H,21,22);1H. The van der Waals surface area contributed by atoms with E-state index >= 15 is 0 Å². The van der Waals surface area contributed by atoms with Crippen molar-refractivity contribution in [1.82, 2.24) is 10.2 Å². The van der Waals surface area contributed by atoms with Gasteiger partial charge in [0.15, 0.2) is 5.96 Å². The van der Waals surface area contributed by atoms with Crippen molar-refractivity contribution in [2.45, 2.75) is 44.4 Å². The number of hydrogen-bond acceptors (Lipinski definition) is 2. The summed E-state index contributed by atoms with van der Waals surface area (Å²) in [5.41, 5.74) is 1.42. The first-order chi connectivity index (χ1) is 11.6. The van der Waals surface area contributed by atoms with E-state index in [0.717, 1.165) is 24.6 Å². The van der Waals surface area contributed by atoms with E-state index in [9.17, 15) is 4.39 Å². The maximum absolute atomic E-state index is 13.1. The van der Waals surface area contributed by atoms with Gasteiger partial charge in [0.05, 0.1) is 6.10 Å². The molecule has 4 nitrogen and oxygen atoms in total. The number of nitrogens with zero attached hydrogens (tertiary/aromatic N) is 2. The van der Waals surface area contributed by atoms with Crippen LogP contribution in [-0.2, 0) is 11.3 Å². The molecule has 4 rings (SSSR count). The van der Waals surface area contributed by atoms with Gasteiger partial charge in [0.1, 0.15) is 5.82 Å². The van der Waals surface area contributed by atoms with Gasteiger partial charge in [0.2, 0.25) is 0 Å². The van der Waals surface area contributed by atoms with Crippen molar-refractivity contribution in [1.29, 1.82) is 0 Å². The summed E-state index contributed by atoms with van der Waals surface area (Å²) < 4.78 is 19.1. The molecule has 1 N–H and O–H groups in total. The monoisotopic (exact) mass is 459 g/mol. The molecule has 1 saturated heterocycles. The zero-order chi connectivity index (χ0) is 16.7. The van der Waals surface area contributed by atoms with Gasteiger partial charge in [0, 0.05) is 44.6 Å². The molecule has 3 atom stereocenters. The molecule has 1 aromatic rings. The normalized spacial score (nSPS) is 29.2. The van der Waals surface area contributed by atoms with E-state index in [1.54, 1.807) is 0 Å². The Hall–Kier alpha value is -0.890. The van der Waals surface area contributed by atoms with E-state index in [1.807, 2.05) is 26.2 Å². The molecular weight excluding hydrogens is 432 g/mol. The fourth-order valence-electron chi connectivity index (χ4n) is 4.88. The topological polar surface area (TPSA) is 36.9 Å². The zero-order valence-electron chi connectivity index (χ0n) is 14.9. The Morgan fingerprint density at radius 2 is 2.08 bits per heavy atom. The van der Waals surface area contributed by atoms with Crippen LogP contribution in [0.25, 0.3) is 0 Å². The number of ether oxygens (including phenoxy) is 1. The fraction of sp³-hybridized carbons (Fsp3) is 0.632. The summed E-state index contributed by atoms with van der Waals surface area (Å²) in [7, 11) is 3.87. The van der Waals surface area contributed by atoms with Crippen LogP contribution in [0.3, 0.4) is 0 Å². The van der Waals surface area contributed by atoms with Gasteiger partial charge in [-0.15, -0.1) is 24.0 Å². The van der Waals surface area contributed by atoms with Gasteiger partial charge in [0.25, 0.3) is 0 Å². The summed E-state index contributed by atoms with van der Waals surface area (Å²) in [6, 6.07) is 7.16. The molecule has 6 heteroatoms. The maximum Gasteiger partial charge on any atom is 0.193 e. The third-order valence-electron chi connectivity index (χ3n) is 6.23. The van der Waals surface area contributed by atoms with Gasteiger partial charge in [-0.1, -0.05) is 18.6 Å². The first-order valence-electron chi connectivity index (χ1n) is 8.94. The Kier molecular flexibility index (Phi) is 5.58. The minimum atomic E-state index is -0.197. The molecule has 0 radical (unpaired) electrons. The third kappa shape index (κ3) is 3.16. The van der Waals surface area contributed by atoms with Gasteiger partial charge in [-0.05, 0) is 37.0 Å².